The normalized spacial score (nSPS) is 23.0. The summed E-state index contributed by atoms with van der Waals surface area (Å²) in [7, 11) is 3.62. The number of fused-ring (bicyclic) bond motifs is 2. The number of methoxy groups -OCH3 is 1. The number of aryl methyl sites for hydroxylation is 1. The number of benzene rings is 1. The first-order valence-electron chi connectivity index (χ1n) is 15.2. The highest BCUT2D eigenvalue weighted by Gasteiger charge is 2.32. The molecule has 10 heteroatoms. The van der Waals surface area contributed by atoms with E-state index in [0.29, 0.717) is 41.5 Å². The molecule has 10 nitrogen and oxygen atoms in total. The van der Waals surface area contributed by atoms with Crippen LogP contribution in [0.15, 0.2) is 30.3 Å². The minimum absolute atomic E-state index is 0.00783. The Labute approximate surface area is 245 Å². The Balaban J connectivity index is 1.34. The molecule has 3 aliphatic rings. The van der Waals surface area contributed by atoms with Crippen LogP contribution in [0.3, 0.4) is 0 Å². The fourth-order valence-corrected chi connectivity index (χ4v) is 6.76. The molecule has 2 amide bonds. The third-order valence-corrected chi connectivity index (χ3v) is 9.41. The number of piperidine rings is 1. The minimum Gasteiger partial charge on any atom is -0.494 e. The van der Waals surface area contributed by atoms with Crippen molar-refractivity contribution in [1.29, 1.82) is 0 Å². The van der Waals surface area contributed by atoms with Gasteiger partial charge in [0.05, 0.1) is 18.3 Å². The molecule has 2 aliphatic heterocycles. The summed E-state index contributed by atoms with van der Waals surface area (Å²) < 4.78 is 10.1. The monoisotopic (exact) mass is 569 g/mol. The molecule has 0 spiro atoms. The summed E-state index contributed by atoms with van der Waals surface area (Å²) in [6.07, 6.45) is 5.62. The molecule has 7 rings (SSSR count). The smallest absolute Gasteiger partial charge is 0.254 e. The lowest BCUT2D eigenvalue weighted by atomic mass is 9.99. The Kier molecular flexibility index (Phi) is 6.49. The molecule has 0 unspecified atom stereocenters. The Hall–Kier alpha value is -3.92. The molecule has 2 N–H and O–H groups in total. The number of carbonyl (C=O) groups is 2. The predicted molar refractivity (Wildman–Crippen MR) is 163 cm³/mol. The molecule has 0 radical (unpaired) electrons. The van der Waals surface area contributed by atoms with Crippen molar-refractivity contribution in [3.8, 4) is 17.3 Å². The zero-order valence-electron chi connectivity index (χ0n) is 24.8. The molecule has 3 fully saturated rings. The van der Waals surface area contributed by atoms with Gasteiger partial charge in [0.25, 0.3) is 5.91 Å². The van der Waals surface area contributed by atoms with Crippen molar-refractivity contribution in [3.63, 3.8) is 0 Å². The lowest BCUT2D eigenvalue weighted by Gasteiger charge is -2.36. The average molecular weight is 570 g/mol. The second-order valence-corrected chi connectivity index (χ2v) is 12.5. The number of hydrogen-bond acceptors (Lipinski definition) is 6. The average Bonchev–Trinajstić information content (AvgIpc) is 3.53. The number of ether oxygens (including phenoxy) is 1. The van der Waals surface area contributed by atoms with Gasteiger partial charge in [0.15, 0.2) is 5.82 Å². The summed E-state index contributed by atoms with van der Waals surface area (Å²) in [4.78, 5) is 40.2. The van der Waals surface area contributed by atoms with E-state index in [-0.39, 0.29) is 29.9 Å². The summed E-state index contributed by atoms with van der Waals surface area (Å²) in [5.74, 6) is 2.79. The minimum atomic E-state index is -0.0460. The molecule has 1 aliphatic carbocycles. The maximum Gasteiger partial charge on any atom is 0.254 e. The Bertz CT molecular complexity index is 1720. The molecule has 4 aromatic rings. The van der Waals surface area contributed by atoms with Crippen LogP contribution >= 0.6 is 0 Å². The topological polar surface area (TPSA) is 112 Å². The number of imidazole rings is 1. The molecule has 2 saturated heterocycles. The first-order chi connectivity index (χ1) is 20.2. The molecular formula is C32H39N7O3. The van der Waals surface area contributed by atoms with Crippen molar-refractivity contribution in [1.82, 2.24) is 24.0 Å². The molecule has 1 saturated carbocycles. The van der Waals surface area contributed by atoms with Gasteiger partial charge in [-0.25, -0.2) is 9.97 Å². The number of likely N-dealkylation sites (tertiary alicyclic amines) is 1. The van der Waals surface area contributed by atoms with E-state index in [4.69, 9.17) is 20.4 Å². The quantitative estimate of drug-likeness (QED) is 0.367. The number of pyridine rings is 1. The van der Waals surface area contributed by atoms with E-state index in [0.717, 1.165) is 53.9 Å². The third kappa shape index (κ3) is 4.43. The number of nitrogens with two attached hydrogens (primary N) is 1. The molecule has 5 heterocycles. The van der Waals surface area contributed by atoms with E-state index in [1.54, 1.807) is 7.11 Å². The number of rotatable bonds is 6. The van der Waals surface area contributed by atoms with Crippen LogP contribution in [0.25, 0.3) is 33.6 Å². The highest BCUT2D eigenvalue weighted by atomic mass is 16.5. The second kappa shape index (κ2) is 10.1. The predicted octanol–water partition coefficient (Wildman–Crippen LogP) is 4.48. The standard InChI is InChI=1S/C32H39N7O3/c1-18-5-10-23(33)17-37(18)32(41)22-13-24-29(26(15-22)42-4)36(3)31(34-24)25-14-21-9-11-27(39-19(2)6-12-28(39)40)35-30(21)38(25)16-20-7-8-20/h9,11,13-15,18-20,23H,5-8,10,12,16-17,33H2,1-4H3/t18-,19-,23+/m0/s1. The van der Waals surface area contributed by atoms with Crippen molar-refractivity contribution in [2.45, 2.75) is 77.0 Å². The van der Waals surface area contributed by atoms with Crippen LogP contribution in [0.2, 0.25) is 0 Å². The molecular weight excluding hydrogens is 530 g/mol. The maximum absolute atomic E-state index is 13.7. The molecule has 3 aromatic heterocycles. The van der Waals surface area contributed by atoms with E-state index in [9.17, 15) is 9.59 Å². The number of amides is 2. The Morgan fingerprint density at radius 3 is 2.57 bits per heavy atom. The van der Waals surface area contributed by atoms with Crippen molar-refractivity contribution in [2.75, 3.05) is 18.6 Å². The second-order valence-electron chi connectivity index (χ2n) is 12.5. The van der Waals surface area contributed by atoms with Gasteiger partial charge in [-0.3, -0.25) is 14.5 Å². The highest BCUT2D eigenvalue weighted by Crippen LogP contribution is 2.38. The van der Waals surface area contributed by atoms with Gasteiger partial charge in [0.1, 0.15) is 22.7 Å². The van der Waals surface area contributed by atoms with Gasteiger partial charge in [-0.05, 0) is 82.2 Å². The number of aromatic nitrogens is 4. The van der Waals surface area contributed by atoms with Crippen LogP contribution < -0.4 is 15.4 Å². The molecule has 3 atom stereocenters. The molecule has 0 bridgehead atoms. The summed E-state index contributed by atoms with van der Waals surface area (Å²) in [5, 5.41) is 1.01. The summed E-state index contributed by atoms with van der Waals surface area (Å²) in [6, 6.07) is 10.1. The summed E-state index contributed by atoms with van der Waals surface area (Å²) >= 11 is 0. The third-order valence-electron chi connectivity index (χ3n) is 9.41. The fourth-order valence-electron chi connectivity index (χ4n) is 6.76. The van der Waals surface area contributed by atoms with E-state index in [2.05, 4.69) is 30.5 Å². The van der Waals surface area contributed by atoms with Gasteiger partial charge in [-0.2, -0.15) is 0 Å². The maximum atomic E-state index is 13.7. The SMILES string of the molecule is COc1cc(C(=O)N2C[C@H](N)CC[C@@H]2C)cc2nc(-c3cc4ccc(N5C(=O)CC[C@@H]5C)nc4n3CC3CC3)n(C)c12. The van der Waals surface area contributed by atoms with Gasteiger partial charge in [-0.15, -0.1) is 0 Å². The van der Waals surface area contributed by atoms with Crippen LogP contribution in [-0.2, 0) is 18.4 Å². The number of carbonyl (C=O) groups excluding carboxylic acids is 2. The number of nitrogens with zero attached hydrogens (tertiary/aromatic N) is 6. The molecule has 1 aromatic carbocycles. The van der Waals surface area contributed by atoms with Gasteiger partial charge in [0, 0.05) is 55.6 Å². The molecule has 220 valence electrons. The van der Waals surface area contributed by atoms with Crippen LogP contribution in [-0.4, -0.2) is 67.6 Å². The lowest BCUT2D eigenvalue weighted by Crippen LogP contribution is -2.50. The van der Waals surface area contributed by atoms with Gasteiger partial charge >= 0.3 is 0 Å². The van der Waals surface area contributed by atoms with E-state index in [1.807, 2.05) is 39.6 Å². The van der Waals surface area contributed by atoms with Crippen LogP contribution in [0.5, 0.6) is 5.75 Å². The van der Waals surface area contributed by atoms with Gasteiger partial charge in [0.2, 0.25) is 5.91 Å². The summed E-state index contributed by atoms with van der Waals surface area (Å²) in [5.41, 5.74) is 10.1. The van der Waals surface area contributed by atoms with Crippen molar-refractivity contribution < 1.29 is 14.3 Å². The highest BCUT2D eigenvalue weighted by molar-refractivity contribution is 6.00. The van der Waals surface area contributed by atoms with Crippen LogP contribution in [0, 0.1) is 5.92 Å². The summed E-state index contributed by atoms with van der Waals surface area (Å²) in [6.45, 7) is 5.55. The first kappa shape index (κ1) is 26.9. The number of hydrogen-bond donors (Lipinski definition) is 1. The number of anilines is 1. The van der Waals surface area contributed by atoms with E-state index >= 15 is 0 Å². The zero-order valence-corrected chi connectivity index (χ0v) is 24.8. The largest absolute Gasteiger partial charge is 0.494 e. The van der Waals surface area contributed by atoms with Crippen molar-refractivity contribution in [3.05, 3.63) is 35.9 Å². The van der Waals surface area contributed by atoms with Crippen LogP contribution in [0.4, 0.5) is 5.82 Å². The zero-order chi connectivity index (χ0) is 29.3. The fraction of sp³-hybridized carbons (Fsp3) is 0.500. The van der Waals surface area contributed by atoms with Crippen molar-refractivity contribution >= 4 is 39.7 Å². The van der Waals surface area contributed by atoms with E-state index < -0.39 is 0 Å². The Morgan fingerprint density at radius 1 is 1.05 bits per heavy atom. The van der Waals surface area contributed by atoms with Gasteiger partial charge in [-0.1, -0.05) is 0 Å². The lowest BCUT2D eigenvalue weighted by molar-refractivity contribution is -0.117. The Morgan fingerprint density at radius 2 is 1.86 bits per heavy atom. The van der Waals surface area contributed by atoms with E-state index in [1.165, 1.54) is 12.8 Å². The van der Waals surface area contributed by atoms with Crippen LogP contribution in [0.1, 0.15) is 62.7 Å². The first-order valence-corrected chi connectivity index (χ1v) is 15.2. The molecule has 42 heavy (non-hydrogen) atoms. The van der Waals surface area contributed by atoms with Crippen molar-refractivity contribution in [2.24, 2.45) is 18.7 Å². The van der Waals surface area contributed by atoms with Gasteiger partial charge < -0.3 is 24.5 Å².